The third kappa shape index (κ3) is 3.49. The highest BCUT2D eigenvalue weighted by molar-refractivity contribution is 5.90. The van der Waals surface area contributed by atoms with E-state index in [9.17, 15) is 4.79 Å². The fourth-order valence-electron chi connectivity index (χ4n) is 2.55. The fraction of sp³-hybridized carbons (Fsp3) is 0.533. The van der Waals surface area contributed by atoms with Gasteiger partial charge in [0.05, 0.1) is 7.11 Å². The minimum atomic E-state index is -0.966. The van der Waals surface area contributed by atoms with Crippen LogP contribution in [-0.4, -0.2) is 49.4 Å². The van der Waals surface area contributed by atoms with Crippen LogP contribution in [0.5, 0.6) is 5.75 Å². The Hall–Kier alpha value is -1.59. The summed E-state index contributed by atoms with van der Waals surface area (Å²) in [6.45, 7) is 2.41. The van der Waals surface area contributed by atoms with Crippen LogP contribution in [0.2, 0.25) is 0 Å². The number of ether oxygens (including phenoxy) is 2. The lowest BCUT2D eigenvalue weighted by molar-refractivity contribution is 0.0406. The van der Waals surface area contributed by atoms with Crippen LogP contribution in [0, 0.1) is 0 Å². The highest BCUT2D eigenvalue weighted by Crippen LogP contribution is 2.22. The lowest BCUT2D eigenvalue weighted by Crippen LogP contribution is -2.36. The largest absolute Gasteiger partial charge is 0.496 e. The molecular formula is C15H21NO4. The quantitative estimate of drug-likeness (QED) is 0.893. The van der Waals surface area contributed by atoms with Gasteiger partial charge in [0.25, 0.3) is 0 Å². The van der Waals surface area contributed by atoms with Crippen molar-refractivity contribution in [1.82, 2.24) is 4.90 Å². The summed E-state index contributed by atoms with van der Waals surface area (Å²) in [7, 11) is 3.58. The first kappa shape index (κ1) is 14.8. The molecule has 110 valence electrons. The topological polar surface area (TPSA) is 59.0 Å². The number of aromatic carboxylic acids is 1. The van der Waals surface area contributed by atoms with Gasteiger partial charge in [-0.1, -0.05) is 6.07 Å². The molecule has 20 heavy (non-hydrogen) atoms. The van der Waals surface area contributed by atoms with Crippen molar-refractivity contribution in [2.75, 3.05) is 27.4 Å². The lowest BCUT2D eigenvalue weighted by Gasteiger charge is -2.31. The van der Waals surface area contributed by atoms with E-state index in [0.717, 1.165) is 38.2 Å². The molecule has 1 fully saturated rings. The standard InChI is InChI=1S/C15H21NO4/c1-16(12-5-7-20-8-6-12)10-11-3-4-13(15(17)18)14(9-11)19-2/h3-4,9,12H,5-8,10H2,1-2H3,(H,17,18). The average Bonchev–Trinajstić information content (AvgIpc) is 2.47. The maximum atomic E-state index is 11.1. The van der Waals surface area contributed by atoms with Crippen molar-refractivity contribution in [2.45, 2.75) is 25.4 Å². The molecule has 1 aromatic rings. The van der Waals surface area contributed by atoms with E-state index in [1.54, 1.807) is 12.1 Å². The van der Waals surface area contributed by atoms with Crippen molar-refractivity contribution < 1.29 is 19.4 Å². The molecule has 0 atom stereocenters. The van der Waals surface area contributed by atoms with E-state index >= 15 is 0 Å². The van der Waals surface area contributed by atoms with Crippen molar-refractivity contribution in [2.24, 2.45) is 0 Å². The maximum absolute atomic E-state index is 11.1. The smallest absolute Gasteiger partial charge is 0.339 e. The van der Waals surface area contributed by atoms with E-state index in [2.05, 4.69) is 11.9 Å². The number of hydrogen-bond donors (Lipinski definition) is 1. The number of nitrogens with zero attached hydrogens (tertiary/aromatic N) is 1. The molecule has 1 heterocycles. The van der Waals surface area contributed by atoms with Crippen LogP contribution in [0.1, 0.15) is 28.8 Å². The first-order valence-corrected chi connectivity index (χ1v) is 6.80. The summed E-state index contributed by atoms with van der Waals surface area (Å²) in [5.74, 6) is -0.554. The van der Waals surface area contributed by atoms with Gasteiger partial charge in [0.1, 0.15) is 11.3 Å². The summed E-state index contributed by atoms with van der Waals surface area (Å²) in [4.78, 5) is 13.3. The zero-order chi connectivity index (χ0) is 14.5. The zero-order valence-corrected chi connectivity index (χ0v) is 12.0. The first-order valence-electron chi connectivity index (χ1n) is 6.80. The van der Waals surface area contributed by atoms with Crippen molar-refractivity contribution in [3.63, 3.8) is 0 Å². The van der Waals surface area contributed by atoms with E-state index in [0.29, 0.717) is 11.8 Å². The molecule has 0 spiro atoms. The van der Waals surface area contributed by atoms with Crippen LogP contribution >= 0.6 is 0 Å². The summed E-state index contributed by atoms with van der Waals surface area (Å²) in [6.07, 6.45) is 2.09. The molecule has 0 bridgehead atoms. The predicted octanol–water partition coefficient (Wildman–Crippen LogP) is 2.00. The van der Waals surface area contributed by atoms with Crippen molar-refractivity contribution >= 4 is 5.97 Å². The van der Waals surface area contributed by atoms with E-state index in [1.807, 2.05) is 6.07 Å². The Morgan fingerprint density at radius 3 is 2.75 bits per heavy atom. The monoisotopic (exact) mass is 279 g/mol. The molecule has 5 heteroatoms. The normalized spacial score (nSPS) is 16.4. The molecular weight excluding hydrogens is 258 g/mol. The third-order valence-corrected chi connectivity index (χ3v) is 3.74. The summed E-state index contributed by atoms with van der Waals surface area (Å²) < 4.78 is 10.5. The maximum Gasteiger partial charge on any atom is 0.339 e. The second-order valence-electron chi connectivity index (χ2n) is 5.10. The second kappa shape index (κ2) is 6.72. The van der Waals surface area contributed by atoms with Gasteiger partial charge in [-0.25, -0.2) is 4.79 Å². The van der Waals surface area contributed by atoms with Crippen molar-refractivity contribution in [1.29, 1.82) is 0 Å². The molecule has 0 unspecified atom stereocenters. The Kier molecular flexibility index (Phi) is 4.98. The van der Waals surface area contributed by atoms with Crippen LogP contribution in [0.4, 0.5) is 0 Å². The van der Waals surface area contributed by atoms with Gasteiger partial charge >= 0.3 is 5.97 Å². The molecule has 1 aliphatic heterocycles. The minimum absolute atomic E-state index is 0.199. The fourth-order valence-corrected chi connectivity index (χ4v) is 2.55. The van der Waals surface area contributed by atoms with E-state index in [-0.39, 0.29) is 5.56 Å². The number of methoxy groups -OCH3 is 1. The van der Waals surface area contributed by atoms with Crippen LogP contribution in [0.3, 0.4) is 0 Å². The highest BCUT2D eigenvalue weighted by atomic mass is 16.5. The van der Waals surface area contributed by atoms with Gasteiger partial charge < -0.3 is 14.6 Å². The van der Waals surface area contributed by atoms with Gasteiger partial charge in [-0.3, -0.25) is 4.90 Å². The molecule has 1 aromatic carbocycles. The third-order valence-electron chi connectivity index (χ3n) is 3.74. The molecule has 0 aliphatic carbocycles. The van der Waals surface area contributed by atoms with Gasteiger partial charge in [0.2, 0.25) is 0 Å². The molecule has 0 saturated carbocycles. The number of hydrogen-bond acceptors (Lipinski definition) is 4. The SMILES string of the molecule is COc1cc(CN(C)C2CCOCC2)ccc1C(=O)O. The van der Waals surface area contributed by atoms with Crippen molar-refractivity contribution in [3.05, 3.63) is 29.3 Å². The van der Waals surface area contributed by atoms with Gasteiger partial charge in [-0.2, -0.15) is 0 Å². The van der Waals surface area contributed by atoms with Gasteiger partial charge in [0.15, 0.2) is 0 Å². The summed E-state index contributed by atoms with van der Waals surface area (Å²) in [6, 6.07) is 5.78. The lowest BCUT2D eigenvalue weighted by atomic mass is 10.1. The molecule has 0 amide bonds. The number of carbonyl (C=O) groups is 1. The minimum Gasteiger partial charge on any atom is -0.496 e. The number of benzene rings is 1. The van der Waals surface area contributed by atoms with Gasteiger partial charge in [-0.05, 0) is 37.6 Å². The Bertz CT molecular complexity index is 469. The van der Waals surface area contributed by atoms with Crippen LogP contribution < -0.4 is 4.74 Å². The van der Waals surface area contributed by atoms with Crippen molar-refractivity contribution in [3.8, 4) is 5.75 Å². The Morgan fingerprint density at radius 1 is 1.45 bits per heavy atom. The second-order valence-corrected chi connectivity index (χ2v) is 5.10. The zero-order valence-electron chi connectivity index (χ0n) is 12.0. The molecule has 2 rings (SSSR count). The average molecular weight is 279 g/mol. The highest BCUT2D eigenvalue weighted by Gasteiger charge is 2.19. The number of carboxylic acid groups (broad SMARTS) is 1. The Morgan fingerprint density at radius 2 is 2.15 bits per heavy atom. The predicted molar refractivity (Wildman–Crippen MR) is 75.3 cm³/mol. The molecule has 0 radical (unpaired) electrons. The summed E-state index contributed by atoms with van der Waals surface area (Å²) in [5, 5.41) is 9.07. The van der Waals surface area contributed by atoms with Crippen LogP contribution in [0.25, 0.3) is 0 Å². The van der Waals surface area contributed by atoms with Crippen LogP contribution in [-0.2, 0) is 11.3 Å². The molecule has 1 saturated heterocycles. The van der Waals surface area contributed by atoms with E-state index in [4.69, 9.17) is 14.6 Å². The summed E-state index contributed by atoms with van der Waals surface area (Å²) >= 11 is 0. The number of rotatable bonds is 5. The van der Waals surface area contributed by atoms with Crippen LogP contribution in [0.15, 0.2) is 18.2 Å². The first-order chi connectivity index (χ1) is 9.61. The number of carboxylic acids is 1. The van der Waals surface area contributed by atoms with Gasteiger partial charge in [-0.15, -0.1) is 0 Å². The van der Waals surface area contributed by atoms with E-state index in [1.165, 1.54) is 7.11 Å². The Labute approximate surface area is 119 Å². The molecule has 1 N–H and O–H groups in total. The molecule has 0 aromatic heterocycles. The van der Waals surface area contributed by atoms with Gasteiger partial charge in [0, 0.05) is 25.8 Å². The Balaban J connectivity index is 2.07. The van der Waals surface area contributed by atoms with E-state index < -0.39 is 5.97 Å². The molecule has 5 nitrogen and oxygen atoms in total. The molecule has 1 aliphatic rings. The summed E-state index contributed by atoms with van der Waals surface area (Å²) in [5.41, 5.74) is 1.26.